The number of rotatable bonds is 6. The summed E-state index contributed by atoms with van der Waals surface area (Å²) >= 11 is 1.79. The molecule has 0 aliphatic heterocycles. The van der Waals surface area contributed by atoms with E-state index in [9.17, 15) is 0 Å². The lowest BCUT2D eigenvalue weighted by atomic mass is 10.00. The molecule has 0 fully saturated rings. The maximum atomic E-state index is 4.01. The minimum Gasteiger partial charge on any atom is -0.310 e. The van der Waals surface area contributed by atoms with Crippen LogP contribution in [0.5, 0.6) is 0 Å². The molecule has 0 amide bonds. The highest BCUT2D eigenvalue weighted by Gasteiger charge is 2.13. The third-order valence-corrected chi connectivity index (χ3v) is 3.34. The van der Waals surface area contributed by atoms with Crippen LogP contribution in [0.4, 0.5) is 0 Å². The molecule has 84 valence electrons. The Morgan fingerprint density at radius 3 is 2.73 bits per heavy atom. The molecule has 1 heterocycles. The van der Waals surface area contributed by atoms with E-state index in [1.807, 2.05) is 0 Å². The van der Waals surface area contributed by atoms with Gasteiger partial charge in [0, 0.05) is 6.04 Å². The molecule has 0 radical (unpaired) electrons. The van der Waals surface area contributed by atoms with Crippen molar-refractivity contribution in [2.24, 2.45) is 0 Å². The Kier molecular flexibility index (Phi) is 5.06. The minimum absolute atomic E-state index is 0.452. The predicted octanol–water partition coefficient (Wildman–Crippen LogP) is 4.06. The highest BCUT2D eigenvalue weighted by atomic mass is 32.1. The van der Waals surface area contributed by atoms with Crippen LogP contribution in [-0.2, 0) is 0 Å². The van der Waals surface area contributed by atoms with Gasteiger partial charge < -0.3 is 5.32 Å². The van der Waals surface area contributed by atoms with E-state index in [-0.39, 0.29) is 0 Å². The van der Waals surface area contributed by atoms with E-state index in [2.05, 4.69) is 43.4 Å². The molecule has 0 spiro atoms. The Bertz CT molecular complexity index is 314. The third-order valence-electron chi connectivity index (χ3n) is 2.46. The molecule has 1 aromatic heterocycles. The van der Waals surface area contributed by atoms with Crippen molar-refractivity contribution in [3.63, 3.8) is 0 Å². The summed E-state index contributed by atoms with van der Waals surface area (Å²) in [5.74, 6) is 0. The maximum absolute atomic E-state index is 4.01. The van der Waals surface area contributed by atoms with Gasteiger partial charge in [-0.2, -0.15) is 11.3 Å². The van der Waals surface area contributed by atoms with Crippen molar-refractivity contribution in [3.8, 4) is 0 Å². The Hall–Kier alpha value is -0.600. The molecule has 0 aliphatic rings. The van der Waals surface area contributed by atoms with Crippen molar-refractivity contribution < 1.29 is 0 Å². The zero-order valence-corrected chi connectivity index (χ0v) is 10.8. The number of hydrogen-bond donors (Lipinski definition) is 1. The standard InChI is InChI=1S/C13H21NS/c1-5-6-14-13(7-10(2)3)12-9-15-8-11(12)4/h8-9,13-14H,2,5-7H2,1,3-4H3. The van der Waals surface area contributed by atoms with E-state index in [1.54, 1.807) is 11.3 Å². The zero-order valence-electron chi connectivity index (χ0n) is 9.97. The van der Waals surface area contributed by atoms with Crippen LogP contribution in [0, 0.1) is 6.92 Å². The first-order valence-corrected chi connectivity index (χ1v) is 6.49. The van der Waals surface area contributed by atoms with Gasteiger partial charge in [0.15, 0.2) is 0 Å². The van der Waals surface area contributed by atoms with Crippen LogP contribution in [0.2, 0.25) is 0 Å². The van der Waals surface area contributed by atoms with Crippen molar-refractivity contribution in [3.05, 3.63) is 34.0 Å². The number of nitrogens with one attached hydrogen (secondary N) is 1. The molecule has 15 heavy (non-hydrogen) atoms. The molecule has 2 heteroatoms. The van der Waals surface area contributed by atoms with Crippen LogP contribution in [0.25, 0.3) is 0 Å². The third kappa shape index (κ3) is 3.80. The molecule has 1 rings (SSSR count). The first-order chi connectivity index (χ1) is 7.15. The first kappa shape index (κ1) is 12.5. The monoisotopic (exact) mass is 223 g/mol. The fraction of sp³-hybridized carbons (Fsp3) is 0.538. The summed E-state index contributed by atoms with van der Waals surface area (Å²) in [6.45, 7) is 11.6. The van der Waals surface area contributed by atoms with Gasteiger partial charge in [0.2, 0.25) is 0 Å². The number of aryl methyl sites for hydroxylation is 1. The van der Waals surface area contributed by atoms with E-state index in [0.29, 0.717) is 6.04 Å². The second kappa shape index (κ2) is 6.09. The van der Waals surface area contributed by atoms with Crippen molar-refractivity contribution in [1.29, 1.82) is 0 Å². The Morgan fingerprint density at radius 1 is 1.53 bits per heavy atom. The van der Waals surface area contributed by atoms with E-state index in [0.717, 1.165) is 13.0 Å². The van der Waals surface area contributed by atoms with Crippen LogP contribution in [0.15, 0.2) is 22.9 Å². The van der Waals surface area contributed by atoms with Gasteiger partial charge in [-0.3, -0.25) is 0 Å². The number of hydrogen-bond acceptors (Lipinski definition) is 2. The normalized spacial score (nSPS) is 12.7. The molecule has 1 aromatic rings. The van der Waals surface area contributed by atoms with Gasteiger partial charge in [-0.15, -0.1) is 6.58 Å². The van der Waals surface area contributed by atoms with Gasteiger partial charge in [-0.05, 0) is 55.1 Å². The quantitative estimate of drug-likeness (QED) is 0.717. The maximum Gasteiger partial charge on any atom is 0.0368 e. The van der Waals surface area contributed by atoms with Crippen LogP contribution >= 0.6 is 11.3 Å². The summed E-state index contributed by atoms with van der Waals surface area (Å²) in [5.41, 5.74) is 4.08. The van der Waals surface area contributed by atoms with Gasteiger partial charge in [-0.1, -0.05) is 12.5 Å². The first-order valence-electron chi connectivity index (χ1n) is 5.55. The molecule has 1 atom stereocenters. The van der Waals surface area contributed by atoms with Crippen molar-refractivity contribution in [2.45, 2.75) is 39.7 Å². The highest BCUT2D eigenvalue weighted by Crippen LogP contribution is 2.26. The topological polar surface area (TPSA) is 12.0 Å². The van der Waals surface area contributed by atoms with Crippen LogP contribution in [0.3, 0.4) is 0 Å². The van der Waals surface area contributed by atoms with E-state index in [4.69, 9.17) is 0 Å². The summed E-state index contributed by atoms with van der Waals surface area (Å²) < 4.78 is 0. The Labute approximate surface area is 97.2 Å². The highest BCUT2D eigenvalue weighted by molar-refractivity contribution is 7.08. The molecule has 0 aromatic carbocycles. The van der Waals surface area contributed by atoms with Gasteiger partial charge in [-0.25, -0.2) is 0 Å². The van der Waals surface area contributed by atoms with Crippen LogP contribution < -0.4 is 5.32 Å². The van der Waals surface area contributed by atoms with Gasteiger partial charge in [0.1, 0.15) is 0 Å². The average Bonchev–Trinajstić information content (AvgIpc) is 2.58. The largest absolute Gasteiger partial charge is 0.310 e. The summed E-state index contributed by atoms with van der Waals surface area (Å²) in [7, 11) is 0. The lowest BCUT2D eigenvalue weighted by Crippen LogP contribution is -2.22. The van der Waals surface area contributed by atoms with Gasteiger partial charge in [0.25, 0.3) is 0 Å². The molecule has 1 N–H and O–H groups in total. The molecule has 1 nitrogen and oxygen atoms in total. The molecule has 0 bridgehead atoms. The SMILES string of the molecule is C=C(C)CC(NCCC)c1cscc1C. The summed E-state index contributed by atoms with van der Waals surface area (Å²) in [5, 5.41) is 8.06. The van der Waals surface area contributed by atoms with Crippen molar-refractivity contribution in [1.82, 2.24) is 5.32 Å². The van der Waals surface area contributed by atoms with Crippen molar-refractivity contribution >= 4 is 11.3 Å². The zero-order chi connectivity index (χ0) is 11.3. The van der Waals surface area contributed by atoms with E-state index in [1.165, 1.54) is 23.1 Å². The molecule has 0 saturated carbocycles. The second-order valence-electron chi connectivity index (χ2n) is 4.18. The van der Waals surface area contributed by atoms with Gasteiger partial charge >= 0.3 is 0 Å². The average molecular weight is 223 g/mol. The lowest BCUT2D eigenvalue weighted by molar-refractivity contribution is 0.527. The second-order valence-corrected chi connectivity index (χ2v) is 4.92. The predicted molar refractivity (Wildman–Crippen MR) is 69.5 cm³/mol. The minimum atomic E-state index is 0.452. The molecule has 0 aliphatic carbocycles. The molecular weight excluding hydrogens is 202 g/mol. The molecular formula is C13H21NS. The Morgan fingerprint density at radius 2 is 2.27 bits per heavy atom. The summed E-state index contributed by atoms with van der Waals surface area (Å²) in [4.78, 5) is 0. The Balaban J connectivity index is 2.71. The van der Waals surface area contributed by atoms with Gasteiger partial charge in [0.05, 0.1) is 0 Å². The van der Waals surface area contributed by atoms with E-state index < -0.39 is 0 Å². The lowest BCUT2D eigenvalue weighted by Gasteiger charge is -2.18. The van der Waals surface area contributed by atoms with Crippen molar-refractivity contribution in [2.75, 3.05) is 6.54 Å². The summed E-state index contributed by atoms with van der Waals surface area (Å²) in [6.07, 6.45) is 2.22. The smallest absolute Gasteiger partial charge is 0.0368 e. The van der Waals surface area contributed by atoms with Crippen LogP contribution in [0.1, 0.15) is 43.9 Å². The fourth-order valence-electron chi connectivity index (χ4n) is 1.69. The fourth-order valence-corrected chi connectivity index (χ4v) is 2.59. The summed E-state index contributed by atoms with van der Waals surface area (Å²) in [6, 6.07) is 0.452. The number of thiophene rings is 1. The van der Waals surface area contributed by atoms with E-state index >= 15 is 0 Å². The van der Waals surface area contributed by atoms with Crippen LogP contribution in [-0.4, -0.2) is 6.54 Å². The molecule has 0 saturated heterocycles. The molecule has 1 unspecified atom stereocenters.